The van der Waals surface area contributed by atoms with E-state index < -0.39 is 5.91 Å². The Kier molecular flexibility index (Phi) is 5.86. The number of amides is 2. The molecule has 0 atom stereocenters. The zero-order valence-corrected chi connectivity index (χ0v) is 15.4. The van der Waals surface area contributed by atoms with E-state index in [0.717, 1.165) is 11.3 Å². The Morgan fingerprint density at radius 1 is 1.00 bits per heavy atom. The van der Waals surface area contributed by atoms with Gasteiger partial charge in [-0.25, -0.2) is 4.98 Å². The number of rotatable bonds is 7. The highest BCUT2D eigenvalue weighted by Gasteiger charge is 2.11. The summed E-state index contributed by atoms with van der Waals surface area (Å²) < 4.78 is 0. The van der Waals surface area contributed by atoms with Crippen molar-refractivity contribution in [2.45, 2.75) is 13.5 Å². The smallest absolute Gasteiger partial charge is 0.252 e. The van der Waals surface area contributed by atoms with Gasteiger partial charge in [-0.05, 0) is 23.8 Å². The first-order valence-corrected chi connectivity index (χ1v) is 8.73. The summed E-state index contributed by atoms with van der Waals surface area (Å²) in [6.07, 6.45) is 1.44. The predicted octanol–water partition coefficient (Wildman–Crippen LogP) is 3.49. The second-order valence-corrected chi connectivity index (χ2v) is 6.21. The zero-order valence-electron chi connectivity index (χ0n) is 15.4. The van der Waals surface area contributed by atoms with Gasteiger partial charge in [0, 0.05) is 37.1 Å². The fourth-order valence-electron chi connectivity index (χ4n) is 2.69. The molecule has 0 saturated carbocycles. The topological polar surface area (TPSA) is 109 Å². The lowest BCUT2D eigenvalue weighted by Gasteiger charge is -2.13. The molecule has 5 N–H and O–H groups in total. The maximum absolute atomic E-state index is 11.7. The molecule has 0 saturated heterocycles. The average Bonchev–Trinajstić information content (AvgIpc) is 2.67. The van der Waals surface area contributed by atoms with Gasteiger partial charge in [0.2, 0.25) is 5.91 Å². The van der Waals surface area contributed by atoms with Crippen molar-refractivity contribution in [3.05, 3.63) is 78.0 Å². The Morgan fingerprint density at radius 2 is 1.75 bits per heavy atom. The number of anilines is 4. The number of carbonyl (C=O) groups excluding carboxylic acids is 2. The number of carbonyl (C=O) groups is 2. The van der Waals surface area contributed by atoms with Gasteiger partial charge < -0.3 is 21.7 Å². The van der Waals surface area contributed by atoms with E-state index in [4.69, 9.17) is 5.73 Å². The summed E-state index contributed by atoms with van der Waals surface area (Å²) in [5.41, 5.74) is 8.88. The van der Waals surface area contributed by atoms with Gasteiger partial charge in [-0.3, -0.25) is 9.59 Å². The van der Waals surface area contributed by atoms with Crippen LogP contribution in [0, 0.1) is 0 Å². The monoisotopic (exact) mass is 375 g/mol. The molecule has 7 nitrogen and oxygen atoms in total. The summed E-state index contributed by atoms with van der Waals surface area (Å²) >= 11 is 0. The van der Waals surface area contributed by atoms with Crippen molar-refractivity contribution in [3.8, 4) is 0 Å². The summed E-state index contributed by atoms with van der Waals surface area (Å²) in [5, 5.41) is 9.14. The normalized spacial score (nSPS) is 10.2. The molecule has 0 bridgehead atoms. The van der Waals surface area contributed by atoms with E-state index >= 15 is 0 Å². The van der Waals surface area contributed by atoms with Crippen LogP contribution >= 0.6 is 0 Å². The van der Waals surface area contributed by atoms with Gasteiger partial charge in [0.1, 0.15) is 5.82 Å². The zero-order chi connectivity index (χ0) is 19.9. The number of primary amides is 1. The highest BCUT2D eigenvalue weighted by molar-refractivity contribution is 5.98. The minimum atomic E-state index is -0.553. The van der Waals surface area contributed by atoms with Crippen LogP contribution in [0.2, 0.25) is 0 Å². The molecule has 0 unspecified atom stereocenters. The summed E-state index contributed by atoms with van der Waals surface area (Å²) in [4.78, 5) is 27.2. The fraction of sp³-hybridized carbons (Fsp3) is 0.0952. The van der Waals surface area contributed by atoms with Crippen molar-refractivity contribution in [2.24, 2.45) is 5.73 Å². The van der Waals surface area contributed by atoms with Gasteiger partial charge in [0.05, 0.1) is 11.3 Å². The third-order valence-corrected chi connectivity index (χ3v) is 3.95. The highest BCUT2D eigenvalue weighted by atomic mass is 16.1. The number of benzene rings is 2. The molecule has 3 aromatic rings. The third kappa shape index (κ3) is 5.07. The standard InChI is InChI=1S/C21H21N5O2/c1-14(27)25-16-8-5-9-17(10-16)26-20-11-19(18(13-24-20)21(22)28)23-12-15-6-3-2-4-7-15/h2-11,13H,12H2,1H3,(H2,22,28)(H,25,27)(H2,23,24,26). The number of nitrogens with zero attached hydrogens (tertiary/aromatic N) is 1. The van der Waals surface area contributed by atoms with Crippen molar-refractivity contribution >= 4 is 34.7 Å². The largest absolute Gasteiger partial charge is 0.380 e. The van der Waals surface area contributed by atoms with Crippen molar-refractivity contribution in [1.29, 1.82) is 0 Å². The molecule has 2 amide bonds. The maximum Gasteiger partial charge on any atom is 0.252 e. The molecule has 0 aliphatic rings. The second kappa shape index (κ2) is 8.68. The van der Waals surface area contributed by atoms with E-state index in [-0.39, 0.29) is 5.91 Å². The number of nitrogens with one attached hydrogen (secondary N) is 3. The van der Waals surface area contributed by atoms with Crippen LogP contribution in [-0.2, 0) is 11.3 Å². The Morgan fingerprint density at radius 3 is 2.46 bits per heavy atom. The highest BCUT2D eigenvalue weighted by Crippen LogP contribution is 2.23. The van der Waals surface area contributed by atoms with Crippen LogP contribution in [0.25, 0.3) is 0 Å². The third-order valence-electron chi connectivity index (χ3n) is 3.95. The number of aromatic nitrogens is 1. The van der Waals surface area contributed by atoms with E-state index in [9.17, 15) is 9.59 Å². The number of hydrogen-bond acceptors (Lipinski definition) is 5. The van der Waals surface area contributed by atoms with Crippen LogP contribution in [0.4, 0.5) is 22.9 Å². The Bertz CT molecular complexity index is 989. The summed E-state index contributed by atoms with van der Waals surface area (Å²) in [7, 11) is 0. The molecule has 1 aromatic heterocycles. The molecule has 1 heterocycles. The number of pyridine rings is 1. The number of nitrogens with two attached hydrogens (primary N) is 1. The van der Waals surface area contributed by atoms with E-state index in [0.29, 0.717) is 29.3 Å². The molecule has 0 radical (unpaired) electrons. The van der Waals surface area contributed by atoms with Crippen LogP contribution in [-0.4, -0.2) is 16.8 Å². The molecular weight excluding hydrogens is 354 g/mol. The summed E-state index contributed by atoms with van der Waals surface area (Å²) in [5.74, 6) is -0.156. The van der Waals surface area contributed by atoms with Crippen molar-refractivity contribution < 1.29 is 9.59 Å². The lowest BCUT2D eigenvalue weighted by atomic mass is 10.2. The van der Waals surface area contributed by atoms with E-state index in [2.05, 4.69) is 20.9 Å². The summed E-state index contributed by atoms with van der Waals surface area (Å²) in [6.45, 7) is 2.00. The molecule has 0 spiro atoms. The first kappa shape index (κ1) is 18.9. The first-order chi connectivity index (χ1) is 13.5. The van der Waals surface area contributed by atoms with E-state index in [1.807, 2.05) is 42.5 Å². The molecule has 0 aliphatic heterocycles. The van der Waals surface area contributed by atoms with Crippen LogP contribution in [0.3, 0.4) is 0 Å². The van der Waals surface area contributed by atoms with Crippen molar-refractivity contribution in [3.63, 3.8) is 0 Å². The average molecular weight is 375 g/mol. The molecule has 28 heavy (non-hydrogen) atoms. The minimum Gasteiger partial charge on any atom is -0.380 e. The Hall–Kier alpha value is -3.87. The lowest BCUT2D eigenvalue weighted by Crippen LogP contribution is -2.15. The van der Waals surface area contributed by atoms with Gasteiger partial charge in [0.15, 0.2) is 0 Å². The first-order valence-electron chi connectivity index (χ1n) is 8.73. The van der Waals surface area contributed by atoms with Gasteiger partial charge in [-0.15, -0.1) is 0 Å². The molecular formula is C21H21N5O2. The molecule has 0 aliphatic carbocycles. The fourth-order valence-corrected chi connectivity index (χ4v) is 2.69. The minimum absolute atomic E-state index is 0.145. The SMILES string of the molecule is CC(=O)Nc1cccc(Nc2cc(NCc3ccccc3)c(C(N)=O)cn2)c1. The van der Waals surface area contributed by atoms with Crippen LogP contribution < -0.4 is 21.7 Å². The molecule has 2 aromatic carbocycles. The van der Waals surface area contributed by atoms with Gasteiger partial charge in [-0.2, -0.15) is 0 Å². The van der Waals surface area contributed by atoms with Gasteiger partial charge in [0.25, 0.3) is 5.91 Å². The van der Waals surface area contributed by atoms with Gasteiger partial charge >= 0.3 is 0 Å². The Balaban J connectivity index is 1.80. The quantitative estimate of drug-likeness (QED) is 0.505. The molecule has 0 fully saturated rings. The molecule has 142 valence electrons. The Labute approximate surface area is 163 Å². The van der Waals surface area contributed by atoms with Crippen LogP contribution in [0.5, 0.6) is 0 Å². The van der Waals surface area contributed by atoms with Crippen molar-refractivity contribution in [2.75, 3.05) is 16.0 Å². The maximum atomic E-state index is 11.7. The second-order valence-electron chi connectivity index (χ2n) is 6.21. The molecule has 7 heteroatoms. The number of hydrogen-bond donors (Lipinski definition) is 4. The lowest BCUT2D eigenvalue weighted by molar-refractivity contribution is -0.114. The van der Waals surface area contributed by atoms with E-state index in [1.165, 1.54) is 13.1 Å². The predicted molar refractivity (Wildman–Crippen MR) is 111 cm³/mol. The van der Waals surface area contributed by atoms with Crippen LogP contribution in [0.1, 0.15) is 22.8 Å². The molecule has 3 rings (SSSR count). The van der Waals surface area contributed by atoms with E-state index in [1.54, 1.807) is 18.2 Å². The van der Waals surface area contributed by atoms with Crippen molar-refractivity contribution in [1.82, 2.24) is 4.98 Å². The summed E-state index contributed by atoms with van der Waals surface area (Å²) in [6, 6.07) is 18.8. The van der Waals surface area contributed by atoms with Gasteiger partial charge in [-0.1, -0.05) is 36.4 Å². The van der Waals surface area contributed by atoms with Crippen LogP contribution in [0.15, 0.2) is 66.9 Å².